The number of anilines is 1. The van der Waals surface area contributed by atoms with Gasteiger partial charge >= 0.3 is 0 Å². The second kappa shape index (κ2) is 4.96. The third kappa shape index (κ3) is 3.00. The topological polar surface area (TPSA) is 23.5 Å². The highest BCUT2D eigenvalue weighted by atomic mass is 19.1. The second-order valence-corrected chi connectivity index (χ2v) is 3.37. The molecular formula is C11H16FNO. The van der Waals surface area contributed by atoms with Crippen molar-refractivity contribution in [3.05, 3.63) is 30.1 Å². The van der Waals surface area contributed by atoms with Crippen LogP contribution in [0.25, 0.3) is 0 Å². The zero-order chi connectivity index (χ0) is 10.6. The SMILES string of the molecule is CCN(C[C@H](C)O)c1cccc(F)c1. The molecule has 2 nitrogen and oxygen atoms in total. The van der Waals surface area contributed by atoms with Gasteiger partial charge in [-0.25, -0.2) is 4.39 Å². The van der Waals surface area contributed by atoms with Crippen LogP contribution in [0.3, 0.4) is 0 Å². The van der Waals surface area contributed by atoms with Crippen LogP contribution in [0.2, 0.25) is 0 Å². The maximum Gasteiger partial charge on any atom is 0.125 e. The Morgan fingerprint density at radius 3 is 2.71 bits per heavy atom. The molecule has 0 spiro atoms. The zero-order valence-corrected chi connectivity index (χ0v) is 8.57. The van der Waals surface area contributed by atoms with Crippen LogP contribution in [-0.4, -0.2) is 24.3 Å². The summed E-state index contributed by atoms with van der Waals surface area (Å²) in [5.74, 6) is -0.244. The number of hydrogen-bond donors (Lipinski definition) is 1. The minimum absolute atomic E-state index is 0.244. The summed E-state index contributed by atoms with van der Waals surface area (Å²) in [5, 5.41) is 9.25. The molecule has 1 aromatic carbocycles. The van der Waals surface area contributed by atoms with Crippen LogP contribution < -0.4 is 4.90 Å². The van der Waals surface area contributed by atoms with E-state index in [9.17, 15) is 9.50 Å². The van der Waals surface area contributed by atoms with E-state index in [4.69, 9.17) is 0 Å². The predicted octanol–water partition coefficient (Wildman–Crippen LogP) is 2.03. The molecule has 0 bridgehead atoms. The van der Waals surface area contributed by atoms with E-state index in [0.29, 0.717) is 6.54 Å². The quantitative estimate of drug-likeness (QED) is 0.798. The average molecular weight is 197 g/mol. The van der Waals surface area contributed by atoms with E-state index in [2.05, 4.69) is 0 Å². The van der Waals surface area contributed by atoms with Gasteiger partial charge in [0.2, 0.25) is 0 Å². The average Bonchev–Trinajstić information content (AvgIpc) is 2.14. The molecule has 0 fully saturated rings. The summed E-state index contributed by atoms with van der Waals surface area (Å²) >= 11 is 0. The Hall–Kier alpha value is -1.09. The number of rotatable bonds is 4. The normalized spacial score (nSPS) is 12.6. The molecule has 0 saturated carbocycles. The molecule has 0 unspecified atom stereocenters. The number of benzene rings is 1. The number of hydrogen-bond acceptors (Lipinski definition) is 2. The molecule has 0 aliphatic rings. The molecule has 0 aromatic heterocycles. The molecule has 0 aliphatic carbocycles. The van der Waals surface area contributed by atoms with Gasteiger partial charge in [-0.2, -0.15) is 0 Å². The fraction of sp³-hybridized carbons (Fsp3) is 0.455. The molecule has 0 saturated heterocycles. The number of aliphatic hydroxyl groups excluding tert-OH is 1. The Bertz CT molecular complexity index is 288. The first-order valence-electron chi connectivity index (χ1n) is 4.82. The molecule has 1 atom stereocenters. The lowest BCUT2D eigenvalue weighted by Crippen LogP contribution is -2.30. The van der Waals surface area contributed by atoms with Crippen molar-refractivity contribution in [1.82, 2.24) is 0 Å². The van der Waals surface area contributed by atoms with Gasteiger partial charge in [0.25, 0.3) is 0 Å². The van der Waals surface area contributed by atoms with Gasteiger partial charge in [-0.3, -0.25) is 0 Å². The molecule has 1 rings (SSSR count). The maximum absolute atomic E-state index is 12.9. The number of nitrogens with zero attached hydrogens (tertiary/aromatic N) is 1. The standard InChI is InChI=1S/C11H16FNO/c1-3-13(8-9(2)14)11-6-4-5-10(12)7-11/h4-7,9,14H,3,8H2,1-2H3/t9-/m0/s1. The Balaban J connectivity index is 2.78. The Kier molecular flexibility index (Phi) is 3.89. The molecular weight excluding hydrogens is 181 g/mol. The Labute approximate surface area is 84.0 Å². The van der Waals surface area contributed by atoms with Gasteiger partial charge in [-0.1, -0.05) is 6.07 Å². The maximum atomic E-state index is 12.9. The van der Waals surface area contributed by atoms with Crippen molar-refractivity contribution in [2.75, 3.05) is 18.0 Å². The summed E-state index contributed by atoms with van der Waals surface area (Å²) in [7, 11) is 0. The van der Waals surface area contributed by atoms with Crippen LogP contribution in [0, 0.1) is 5.82 Å². The molecule has 14 heavy (non-hydrogen) atoms. The second-order valence-electron chi connectivity index (χ2n) is 3.37. The lowest BCUT2D eigenvalue weighted by molar-refractivity contribution is 0.200. The number of halogens is 1. The van der Waals surface area contributed by atoms with E-state index < -0.39 is 6.10 Å². The minimum Gasteiger partial charge on any atom is -0.392 e. The van der Waals surface area contributed by atoms with E-state index in [1.54, 1.807) is 13.0 Å². The molecule has 0 amide bonds. The Morgan fingerprint density at radius 1 is 1.50 bits per heavy atom. The Morgan fingerprint density at radius 2 is 2.21 bits per heavy atom. The summed E-state index contributed by atoms with van der Waals surface area (Å²) < 4.78 is 12.9. The van der Waals surface area contributed by atoms with Gasteiger partial charge in [0.05, 0.1) is 6.10 Å². The number of aliphatic hydroxyl groups is 1. The van der Waals surface area contributed by atoms with Gasteiger partial charge in [0.15, 0.2) is 0 Å². The minimum atomic E-state index is -0.404. The van der Waals surface area contributed by atoms with E-state index in [0.717, 1.165) is 12.2 Å². The van der Waals surface area contributed by atoms with Crippen molar-refractivity contribution in [3.8, 4) is 0 Å². The van der Waals surface area contributed by atoms with Crippen LogP contribution in [0.1, 0.15) is 13.8 Å². The first-order valence-corrected chi connectivity index (χ1v) is 4.82. The monoisotopic (exact) mass is 197 g/mol. The highest BCUT2D eigenvalue weighted by Crippen LogP contribution is 2.15. The van der Waals surface area contributed by atoms with E-state index >= 15 is 0 Å². The highest BCUT2D eigenvalue weighted by molar-refractivity contribution is 5.46. The van der Waals surface area contributed by atoms with Crippen LogP contribution in [-0.2, 0) is 0 Å². The van der Waals surface area contributed by atoms with Crippen molar-refractivity contribution in [1.29, 1.82) is 0 Å². The van der Waals surface area contributed by atoms with Crippen LogP contribution in [0.15, 0.2) is 24.3 Å². The fourth-order valence-corrected chi connectivity index (χ4v) is 1.41. The summed E-state index contributed by atoms with van der Waals surface area (Å²) in [5.41, 5.74) is 0.813. The van der Waals surface area contributed by atoms with Gasteiger partial charge in [-0.15, -0.1) is 0 Å². The largest absolute Gasteiger partial charge is 0.392 e. The number of likely N-dealkylation sites (N-methyl/N-ethyl adjacent to an activating group) is 1. The lowest BCUT2D eigenvalue weighted by atomic mass is 10.2. The first kappa shape index (κ1) is 11.0. The highest BCUT2D eigenvalue weighted by Gasteiger charge is 2.07. The van der Waals surface area contributed by atoms with Crippen LogP contribution in [0.5, 0.6) is 0 Å². The van der Waals surface area contributed by atoms with Crippen molar-refractivity contribution in [2.45, 2.75) is 20.0 Å². The van der Waals surface area contributed by atoms with Crippen molar-refractivity contribution < 1.29 is 9.50 Å². The fourth-order valence-electron chi connectivity index (χ4n) is 1.41. The van der Waals surface area contributed by atoms with E-state index in [1.165, 1.54) is 12.1 Å². The third-order valence-electron chi connectivity index (χ3n) is 2.04. The molecule has 0 heterocycles. The van der Waals surface area contributed by atoms with E-state index in [1.807, 2.05) is 17.9 Å². The smallest absolute Gasteiger partial charge is 0.125 e. The van der Waals surface area contributed by atoms with Gasteiger partial charge < -0.3 is 10.0 Å². The van der Waals surface area contributed by atoms with Crippen LogP contribution >= 0.6 is 0 Å². The molecule has 0 aliphatic heterocycles. The molecule has 0 radical (unpaired) electrons. The molecule has 78 valence electrons. The van der Waals surface area contributed by atoms with Gasteiger partial charge in [0, 0.05) is 18.8 Å². The zero-order valence-electron chi connectivity index (χ0n) is 8.57. The first-order chi connectivity index (χ1) is 6.63. The van der Waals surface area contributed by atoms with Gasteiger partial charge in [-0.05, 0) is 32.0 Å². The molecule has 3 heteroatoms. The third-order valence-corrected chi connectivity index (χ3v) is 2.04. The van der Waals surface area contributed by atoms with Crippen molar-refractivity contribution >= 4 is 5.69 Å². The van der Waals surface area contributed by atoms with Crippen LogP contribution in [0.4, 0.5) is 10.1 Å². The lowest BCUT2D eigenvalue weighted by Gasteiger charge is -2.24. The van der Waals surface area contributed by atoms with Crippen molar-refractivity contribution in [3.63, 3.8) is 0 Å². The van der Waals surface area contributed by atoms with E-state index in [-0.39, 0.29) is 5.82 Å². The summed E-state index contributed by atoms with van der Waals surface area (Å²) in [4.78, 5) is 1.94. The van der Waals surface area contributed by atoms with Crippen molar-refractivity contribution in [2.24, 2.45) is 0 Å². The predicted molar refractivity (Wildman–Crippen MR) is 56.0 cm³/mol. The molecule has 1 aromatic rings. The summed E-state index contributed by atoms with van der Waals surface area (Å²) in [6, 6.07) is 6.41. The summed E-state index contributed by atoms with van der Waals surface area (Å²) in [6.07, 6.45) is -0.404. The molecule has 1 N–H and O–H groups in total. The summed E-state index contributed by atoms with van der Waals surface area (Å²) in [6.45, 7) is 4.99. The van der Waals surface area contributed by atoms with Gasteiger partial charge in [0.1, 0.15) is 5.82 Å².